The summed E-state index contributed by atoms with van der Waals surface area (Å²) in [6, 6.07) is 0. The van der Waals surface area contributed by atoms with E-state index in [0.29, 0.717) is 16.7 Å². The first-order valence-corrected chi connectivity index (χ1v) is 10.4. The average molecular weight is 342 g/mol. The molecule has 134 valence electrons. The molecule has 0 N–H and O–H groups in total. The zero-order valence-electron chi connectivity index (χ0n) is 15.7. The molecule has 0 spiro atoms. The van der Waals surface area contributed by atoms with E-state index in [0.717, 1.165) is 58.7 Å². The molecule has 2 rings (SSSR count). The topological polar surface area (TPSA) is 26.8 Å². The molecule has 0 aromatic heterocycles. The Labute approximate surface area is 146 Å². The first-order chi connectivity index (χ1) is 10.8. The lowest BCUT2D eigenvalue weighted by molar-refractivity contribution is -0.139. The van der Waals surface area contributed by atoms with Crippen LogP contribution in [0.15, 0.2) is 0 Å². The number of hydrogen-bond acceptors (Lipinski definition) is 4. The van der Waals surface area contributed by atoms with Gasteiger partial charge in [0, 0.05) is 38.6 Å². The van der Waals surface area contributed by atoms with Crippen LogP contribution in [0.1, 0.15) is 40.5 Å². The van der Waals surface area contributed by atoms with Crippen LogP contribution in [0.25, 0.3) is 0 Å². The Morgan fingerprint density at radius 3 is 2.13 bits per heavy atom. The maximum absolute atomic E-state index is 12.8. The van der Waals surface area contributed by atoms with Crippen molar-refractivity contribution in [3.63, 3.8) is 0 Å². The fraction of sp³-hybridized carbons (Fsp3) is 0.944. The van der Waals surface area contributed by atoms with Gasteiger partial charge >= 0.3 is 0 Å². The van der Waals surface area contributed by atoms with Gasteiger partial charge in [-0.3, -0.25) is 9.69 Å². The predicted octanol–water partition coefficient (Wildman–Crippen LogP) is 2.60. The predicted molar refractivity (Wildman–Crippen MR) is 99.7 cm³/mol. The normalized spacial score (nSPS) is 24.0. The number of piperidine rings is 1. The lowest BCUT2D eigenvalue weighted by Gasteiger charge is -2.40. The molecule has 5 heteroatoms. The standard InChI is InChI=1S/C18H35N3OS/c1-15(23-5)20-10-12-21(13-11-20)17(22)16-6-8-19(9-7-16)14-18(2,3)4/h15-16H,6-14H2,1-5H3. The van der Waals surface area contributed by atoms with Crippen LogP contribution in [0.4, 0.5) is 0 Å². The SMILES string of the molecule is CSC(C)N1CCN(C(=O)C2CCN(CC(C)(C)C)CC2)CC1. The van der Waals surface area contributed by atoms with Gasteiger partial charge in [-0.2, -0.15) is 0 Å². The van der Waals surface area contributed by atoms with E-state index in [-0.39, 0.29) is 5.92 Å². The molecule has 2 aliphatic rings. The highest BCUT2D eigenvalue weighted by atomic mass is 32.2. The Morgan fingerprint density at radius 1 is 1.09 bits per heavy atom. The number of nitrogens with zero attached hydrogens (tertiary/aromatic N) is 3. The molecule has 0 saturated carbocycles. The minimum absolute atomic E-state index is 0.260. The van der Waals surface area contributed by atoms with Crippen molar-refractivity contribution in [2.45, 2.75) is 45.9 Å². The third kappa shape index (κ3) is 5.64. The number of hydrogen-bond donors (Lipinski definition) is 0. The molecule has 2 heterocycles. The summed E-state index contributed by atoms with van der Waals surface area (Å²) >= 11 is 1.89. The molecule has 2 fully saturated rings. The summed E-state index contributed by atoms with van der Waals surface area (Å²) in [5.41, 5.74) is 0.348. The molecule has 23 heavy (non-hydrogen) atoms. The average Bonchev–Trinajstić information content (AvgIpc) is 2.53. The molecule has 0 aromatic carbocycles. The van der Waals surface area contributed by atoms with Crippen molar-refractivity contribution in [1.82, 2.24) is 14.7 Å². The maximum Gasteiger partial charge on any atom is 0.225 e. The second-order valence-electron chi connectivity index (χ2n) is 8.31. The van der Waals surface area contributed by atoms with E-state index in [1.165, 1.54) is 0 Å². The van der Waals surface area contributed by atoms with Crippen LogP contribution in [-0.2, 0) is 4.79 Å². The summed E-state index contributed by atoms with van der Waals surface area (Å²) in [6.07, 6.45) is 4.24. The van der Waals surface area contributed by atoms with Crippen LogP contribution in [-0.4, -0.2) is 78.0 Å². The van der Waals surface area contributed by atoms with Gasteiger partial charge in [0.15, 0.2) is 0 Å². The lowest BCUT2D eigenvalue weighted by Crippen LogP contribution is -2.53. The van der Waals surface area contributed by atoms with Crippen molar-refractivity contribution in [2.24, 2.45) is 11.3 Å². The highest BCUT2D eigenvalue weighted by molar-refractivity contribution is 7.99. The van der Waals surface area contributed by atoms with Crippen LogP contribution in [0, 0.1) is 11.3 Å². The van der Waals surface area contributed by atoms with Crippen LogP contribution in [0.5, 0.6) is 0 Å². The molecule has 0 aromatic rings. The number of thioether (sulfide) groups is 1. The lowest BCUT2D eigenvalue weighted by atomic mass is 9.91. The number of piperazine rings is 1. The summed E-state index contributed by atoms with van der Waals surface area (Å²) in [6.45, 7) is 16.3. The van der Waals surface area contributed by atoms with Crippen molar-refractivity contribution in [2.75, 3.05) is 52.1 Å². The minimum Gasteiger partial charge on any atom is -0.340 e. The molecule has 1 atom stereocenters. The van der Waals surface area contributed by atoms with E-state index in [2.05, 4.69) is 48.7 Å². The molecule has 1 unspecified atom stereocenters. The number of carbonyl (C=O) groups excluding carboxylic acids is 1. The second-order valence-corrected chi connectivity index (χ2v) is 9.46. The van der Waals surface area contributed by atoms with E-state index >= 15 is 0 Å². The number of amides is 1. The minimum atomic E-state index is 0.260. The van der Waals surface area contributed by atoms with Crippen LogP contribution < -0.4 is 0 Å². The summed E-state index contributed by atoms with van der Waals surface area (Å²) in [5.74, 6) is 0.674. The zero-order chi connectivity index (χ0) is 17.0. The summed E-state index contributed by atoms with van der Waals surface area (Å²) in [5, 5.41) is 0.563. The quantitative estimate of drug-likeness (QED) is 0.785. The van der Waals surface area contributed by atoms with Gasteiger partial charge in [-0.25, -0.2) is 0 Å². The Kier molecular flexibility index (Phi) is 6.81. The number of carbonyl (C=O) groups is 1. The van der Waals surface area contributed by atoms with Crippen molar-refractivity contribution in [3.05, 3.63) is 0 Å². The summed E-state index contributed by atoms with van der Waals surface area (Å²) < 4.78 is 0. The van der Waals surface area contributed by atoms with Gasteiger partial charge in [0.2, 0.25) is 5.91 Å². The summed E-state index contributed by atoms with van der Waals surface area (Å²) in [4.78, 5) is 19.9. The molecular formula is C18H35N3OS. The van der Waals surface area contributed by atoms with Gasteiger partial charge in [-0.05, 0) is 44.5 Å². The van der Waals surface area contributed by atoms with Gasteiger partial charge in [-0.1, -0.05) is 20.8 Å². The number of rotatable bonds is 4. The fourth-order valence-electron chi connectivity index (χ4n) is 3.72. The second kappa shape index (κ2) is 8.21. The first kappa shape index (κ1) is 19.1. The number of likely N-dealkylation sites (tertiary alicyclic amines) is 1. The molecular weight excluding hydrogens is 306 g/mol. The molecule has 2 aliphatic heterocycles. The molecule has 4 nitrogen and oxygen atoms in total. The van der Waals surface area contributed by atoms with Crippen molar-refractivity contribution in [1.29, 1.82) is 0 Å². The first-order valence-electron chi connectivity index (χ1n) is 9.08. The highest BCUT2D eigenvalue weighted by Gasteiger charge is 2.31. The van der Waals surface area contributed by atoms with E-state index in [1.807, 2.05) is 11.8 Å². The molecule has 0 bridgehead atoms. The fourth-order valence-corrected chi connectivity index (χ4v) is 4.23. The van der Waals surface area contributed by atoms with E-state index < -0.39 is 0 Å². The molecule has 0 radical (unpaired) electrons. The van der Waals surface area contributed by atoms with E-state index in [1.54, 1.807) is 0 Å². The third-order valence-electron chi connectivity index (χ3n) is 5.12. The van der Waals surface area contributed by atoms with Gasteiger partial charge < -0.3 is 9.80 Å². The van der Waals surface area contributed by atoms with Crippen LogP contribution in [0.2, 0.25) is 0 Å². The smallest absolute Gasteiger partial charge is 0.225 e. The highest BCUT2D eigenvalue weighted by Crippen LogP contribution is 2.24. The zero-order valence-corrected chi connectivity index (χ0v) is 16.5. The Hall–Kier alpha value is -0.260. The molecule has 0 aliphatic carbocycles. The monoisotopic (exact) mass is 341 g/mol. The van der Waals surface area contributed by atoms with E-state index in [9.17, 15) is 4.79 Å². The van der Waals surface area contributed by atoms with Crippen molar-refractivity contribution < 1.29 is 4.79 Å². The van der Waals surface area contributed by atoms with Gasteiger partial charge in [0.05, 0.1) is 5.37 Å². The maximum atomic E-state index is 12.8. The van der Waals surface area contributed by atoms with Gasteiger partial charge in [0.25, 0.3) is 0 Å². The molecule has 1 amide bonds. The van der Waals surface area contributed by atoms with Crippen molar-refractivity contribution in [3.8, 4) is 0 Å². The third-order valence-corrected chi connectivity index (χ3v) is 6.10. The van der Waals surface area contributed by atoms with E-state index in [4.69, 9.17) is 0 Å². The molecule has 2 saturated heterocycles. The van der Waals surface area contributed by atoms with Gasteiger partial charge in [-0.15, -0.1) is 11.8 Å². The Morgan fingerprint density at radius 2 is 1.65 bits per heavy atom. The van der Waals surface area contributed by atoms with Gasteiger partial charge in [0.1, 0.15) is 0 Å². The Bertz CT molecular complexity index is 380. The largest absolute Gasteiger partial charge is 0.340 e. The van der Waals surface area contributed by atoms with Crippen LogP contribution in [0.3, 0.4) is 0 Å². The van der Waals surface area contributed by atoms with Crippen molar-refractivity contribution >= 4 is 17.7 Å². The summed E-state index contributed by atoms with van der Waals surface area (Å²) in [7, 11) is 0. The van der Waals surface area contributed by atoms with Crippen LogP contribution >= 0.6 is 11.8 Å². The Balaban J connectivity index is 1.75.